The number of esters is 1. The molecular weight excluding hydrogens is 270 g/mol. The van der Waals surface area contributed by atoms with E-state index in [1.54, 1.807) is 0 Å². The first kappa shape index (κ1) is 15.4. The molecule has 0 aliphatic heterocycles. The lowest BCUT2D eigenvalue weighted by atomic mass is 9.98. The summed E-state index contributed by atoms with van der Waals surface area (Å²) in [5.74, 6) is 0.916. The van der Waals surface area contributed by atoms with Gasteiger partial charge in [-0.05, 0) is 38.8 Å². The van der Waals surface area contributed by atoms with Gasteiger partial charge in [0.15, 0.2) is 0 Å². The first-order valence-corrected chi connectivity index (χ1v) is 8.27. The Morgan fingerprint density at radius 3 is 2.85 bits per heavy atom. The molecule has 1 aromatic carbocycles. The van der Waals surface area contributed by atoms with Gasteiger partial charge in [0.05, 0.1) is 6.61 Å². The van der Waals surface area contributed by atoms with Gasteiger partial charge in [0.1, 0.15) is 5.54 Å². The van der Waals surface area contributed by atoms with Crippen molar-refractivity contribution in [1.82, 2.24) is 5.32 Å². The third-order valence-corrected chi connectivity index (χ3v) is 5.32. The Morgan fingerprint density at radius 1 is 1.45 bits per heavy atom. The molecule has 0 saturated heterocycles. The van der Waals surface area contributed by atoms with Crippen LogP contribution in [-0.4, -0.2) is 30.4 Å². The molecule has 2 rings (SSSR count). The molecule has 0 aromatic heterocycles. The zero-order chi connectivity index (χ0) is 14.4. The molecule has 20 heavy (non-hydrogen) atoms. The van der Waals surface area contributed by atoms with E-state index in [9.17, 15) is 4.79 Å². The number of ether oxygens (including phenoxy) is 1. The van der Waals surface area contributed by atoms with E-state index in [0.29, 0.717) is 11.9 Å². The second-order valence-electron chi connectivity index (χ2n) is 5.21. The number of hydrogen-bond acceptors (Lipinski definition) is 4. The number of benzene rings is 1. The molecule has 110 valence electrons. The van der Waals surface area contributed by atoms with Crippen LogP contribution in [0.2, 0.25) is 0 Å². The number of carbonyl (C=O) groups excluding carboxylic acids is 1. The SMILES string of the molecule is CCOC(=O)C1(NC)CCC(SCc2ccccc2)C1. The summed E-state index contributed by atoms with van der Waals surface area (Å²) in [7, 11) is 1.86. The zero-order valence-corrected chi connectivity index (χ0v) is 13.0. The molecule has 1 N–H and O–H groups in total. The molecule has 1 aromatic rings. The third-order valence-electron chi connectivity index (χ3n) is 3.94. The number of nitrogens with one attached hydrogen (secondary N) is 1. The van der Waals surface area contributed by atoms with E-state index >= 15 is 0 Å². The molecule has 0 spiro atoms. The molecule has 3 nitrogen and oxygen atoms in total. The maximum Gasteiger partial charge on any atom is 0.326 e. The summed E-state index contributed by atoms with van der Waals surface area (Å²) in [6, 6.07) is 10.5. The van der Waals surface area contributed by atoms with Gasteiger partial charge < -0.3 is 10.1 Å². The van der Waals surface area contributed by atoms with Crippen molar-refractivity contribution in [2.24, 2.45) is 0 Å². The van der Waals surface area contributed by atoms with Gasteiger partial charge in [0.25, 0.3) is 0 Å². The largest absolute Gasteiger partial charge is 0.465 e. The second kappa shape index (κ2) is 7.14. The van der Waals surface area contributed by atoms with E-state index in [2.05, 4.69) is 29.6 Å². The van der Waals surface area contributed by atoms with Gasteiger partial charge in [-0.25, -0.2) is 0 Å². The van der Waals surface area contributed by atoms with Crippen LogP contribution < -0.4 is 5.32 Å². The number of likely N-dealkylation sites (N-methyl/N-ethyl adjacent to an activating group) is 1. The fraction of sp³-hybridized carbons (Fsp3) is 0.562. The van der Waals surface area contributed by atoms with E-state index in [1.807, 2.05) is 31.8 Å². The normalized spacial score (nSPS) is 25.6. The van der Waals surface area contributed by atoms with Crippen molar-refractivity contribution < 1.29 is 9.53 Å². The van der Waals surface area contributed by atoms with Gasteiger partial charge in [0.2, 0.25) is 0 Å². The van der Waals surface area contributed by atoms with Crippen LogP contribution in [-0.2, 0) is 15.3 Å². The lowest BCUT2D eigenvalue weighted by molar-refractivity contribution is -0.150. The summed E-state index contributed by atoms with van der Waals surface area (Å²) in [4.78, 5) is 12.1. The van der Waals surface area contributed by atoms with Crippen molar-refractivity contribution in [1.29, 1.82) is 0 Å². The van der Waals surface area contributed by atoms with E-state index in [0.717, 1.165) is 25.0 Å². The van der Waals surface area contributed by atoms with E-state index in [4.69, 9.17) is 4.74 Å². The molecule has 1 saturated carbocycles. The Morgan fingerprint density at radius 2 is 2.20 bits per heavy atom. The lowest BCUT2D eigenvalue weighted by Gasteiger charge is -2.26. The van der Waals surface area contributed by atoms with Crippen LogP contribution in [0.25, 0.3) is 0 Å². The van der Waals surface area contributed by atoms with Crippen LogP contribution in [0.5, 0.6) is 0 Å². The van der Waals surface area contributed by atoms with Gasteiger partial charge in [-0.3, -0.25) is 4.79 Å². The maximum atomic E-state index is 12.1. The number of rotatable bonds is 6. The van der Waals surface area contributed by atoms with Crippen molar-refractivity contribution in [3.63, 3.8) is 0 Å². The second-order valence-corrected chi connectivity index (χ2v) is 6.50. The molecule has 0 bridgehead atoms. The monoisotopic (exact) mass is 293 g/mol. The van der Waals surface area contributed by atoms with E-state index in [1.165, 1.54) is 5.56 Å². The predicted octanol–water partition coefficient (Wildman–Crippen LogP) is 2.99. The molecule has 0 amide bonds. The van der Waals surface area contributed by atoms with Crippen molar-refractivity contribution in [3.8, 4) is 0 Å². The molecule has 0 heterocycles. The van der Waals surface area contributed by atoms with Gasteiger partial charge in [0, 0.05) is 11.0 Å². The minimum atomic E-state index is -0.468. The Hall–Kier alpha value is -1.00. The van der Waals surface area contributed by atoms with Crippen LogP contribution in [0.1, 0.15) is 31.7 Å². The molecule has 4 heteroatoms. The van der Waals surface area contributed by atoms with Crippen LogP contribution in [0, 0.1) is 0 Å². The molecule has 2 unspecified atom stereocenters. The van der Waals surface area contributed by atoms with Crippen molar-refractivity contribution >= 4 is 17.7 Å². The molecule has 2 atom stereocenters. The quantitative estimate of drug-likeness (QED) is 0.818. The average Bonchev–Trinajstić information content (AvgIpc) is 2.91. The van der Waals surface area contributed by atoms with Gasteiger partial charge in [-0.1, -0.05) is 30.3 Å². The van der Waals surface area contributed by atoms with Gasteiger partial charge >= 0.3 is 5.97 Å². The van der Waals surface area contributed by atoms with E-state index < -0.39 is 5.54 Å². The minimum absolute atomic E-state index is 0.0923. The van der Waals surface area contributed by atoms with Gasteiger partial charge in [-0.2, -0.15) is 11.8 Å². The Kier molecular flexibility index (Phi) is 5.49. The predicted molar refractivity (Wildman–Crippen MR) is 83.8 cm³/mol. The number of thioether (sulfide) groups is 1. The lowest BCUT2D eigenvalue weighted by Crippen LogP contribution is -2.49. The Balaban J connectivity index is 1.89. The van der Waals surface area contributed by atoms with Crippen molar-refractivity contribution in [2.75, 3.05) is 13.7 Å². The minimum Gasteiger partial charge on any atom is -0.465 e. The molecule has 1 aliphatic carbocycles. The molecule has 1 fully saturated rings. The highest BCUT2D eigenvalue weighted by molar-refractivity contribution is 7.99. The summed E-state index contributed by atoms with van der Waals surface area (Å²) in [5.41, 5.74) is 0.875. The topological polar surface area (TPSA) is 38.3 Å². The first-order chi connectivity index (χ1) is 9.70. The summed E-state index contributed by atoms with van der Waals surface area (Å²) < 4.78 is 5.22. The highest BCUT2D eigenvalue weighted by Crippen LogP contribution is 2.38. The van der Waals surface area contributed by atoms with Crippen LogP contribution in [0.4, 0.5) is 0 Å². The van der Waals surface area contributed by atoms with Gasteiger partial charge in [-0.15, -0.1) is 0 Å². The van der Waals surface area contributed by atoms with Crippen molar-refractivity contribution in [2.45, 2.75) is 42.7 Å². The Bertz CT molecular complexity index is 437. The molecular formula is C16H23NO2S. The van der Waals surface area contributed by atoms with Crippen LogP contribution in [0.3, 0.4) is 0 Å². The number of carbonyl (C=O) groups is 1. The smallest absolute Gasteiger partial charge is 0.326 e. The number of hydrogen-bond donors (Lipinski definition) is 1. The highest BCUT2D eigenvalue weighted by Gasteiger charge is 2.45. The summed E-state index contributed by atoms with van der Waals surface area (Å²) in [6.07, 6.45) is 2.80. The molecule has 1 aliphatic rings. The maximum absolute atomic E-state index is 12.1. The third kappa shape index (κ3) is 3.55. The summed E-state index contributed by atoms with van der Waals surface area (Å²) in [5, 5.41) is 3.72. The zero-order valence-electron chi connectivity index (χ0n) is 12.2. The summed E-state index contributed by atoms with van der Waals surface area (Å²) >= 11 is 1.94. The van der Waals surface area contributed by atoms with E-state index in [-0.39, 0.29) is 5.97 Å². The Labute approximate surface area is 125 Å². The van der Waals surface area contributed by atoms with Crippen LogP contribution in [0.15, 0.2) is 30.3 Å². The van der Waals surface area contributed by atoms with Crippen molar-refractivity contribution in [3.05, 3.63) is 35.9 Å². The average molecular weight is 293 g/mol. The fourth-order valence-corrected chi connectivity index (χ4v) is 4.02. The highest BCUT2D eigenvalue weighted by atomic mass is 32.2. The van der Waals surface area contributed by atoms with Crippen LogP contribution >= 0.6 is 11.8 Å². The summed E-state index contributed by atoms with van der Waals surface area (Å²) in [6.45, 7) is 2.31. The fourth-order valence-electron chi connectivity index (χ4n) is 2.71. The first-order valence-electron chi connectivity index (χ1n) is 7.22. The molecule has 0 radical (unpaired) electrons. The standard InChI is InChI=1S/C16H23NO2S/c1-3-19-15(18)16(17-2)10-9-14(11-16)20-12-13-7-5-4-6-8-13/h4-8,14,17H,3,9-12H2,1-2H3.